The summed E-state index contributed by atoms with van der Waals surface area (Å²) in [5.74, 6) is 0.950. The zero-order valence-corrected chi connectivity index (χ0v) is 8.81. The molecule has 1 aromatic carbocycles. The predicted molar refractivity (Wildman–Crippen MR) is 59.3 cm³/mol. The quantitative estimate of drug-likeness (QED) is 0.797. The highest BCUT2D eigenvalue weighted by molar-refractivity contribution is 5.84. The van der Waals surface area contributed by atoms with Crippen LogP contribution < -0.4 is 5.43 Å². The lowest BCUT2D eigenvalue weighted by Gasteiger charge is -2.12. The van der Waals surface area contributed by atoms with Crippen LogP contribution in [0.5, 0.6) is 0 Å². The van der Waals surface area contributed by atoms with E-state index in [1.165, 1.54) is 5.56 Å². The summed E-state index contributed by atoms with van der Waals surface area (Å²) < 4.78 is 5.56. The van der Waals surface area contributed by atoms with E-state index in [-0.39, 0.29) is 0 Å². The highest BCUT2D eigenvalue weighted by atomic mass is 16.5. The molecular weight excluding hydrogens is 190 g/mol. The first-order valence-electron chi connectivity index (χ1n) is 4.98. The maximum absolute atomic E-state index is 5.56. The maximum atomic E-state index is 5.56. The number of hydrazone groups is 1. The number of likely N-dealkylation sites (N-methyl/N-ethyl adjacent to an activating group) is 1. The van der Waals surface area contributed by atoms with E-state index in [4.69, 9.17) is 4.74 Å². The highest BCUT2D eigenvalue weighted by Gasteiger charge is 2.11. The van der Waals surface area contributed by atoms with Crippen molar-refractivity contribution in [3.8, 4) is 0 Å². The van der Waals surface area contributed by atoms with Crippen LogP contribution in [0.25, 0.3) is 0 Å². The molecule has 80 valence electrons. The van der Waals surface area contributed by atoms with Crippen LogP contribution in [0.2, 0.25) is 0 Å². The minimum absolute atomic E-state index is 0.554. The number of ether oxygens (including phenoxy) is 1. The Kier molecular flexibility index (Phi) is 3.19. The fourth-order valence-corrected chi connectivity index (χ4v) is 1.39. The third-order valence-electron chi connectivity index (χ3n) is 2.30. The molecule has 0 spiro atoms. The van der Waals surface area contributed by atoms with E-state index in [0.717, 1.165) is 12.5 Å². The summed E-state index contributed by atoms with van der Waals surface area (Å²) in [5.41, 5.74) is 4.09. The number of hydrogen-bond acceptors (Lipinski definition) is 4. The Balaban J connectivity index is 1.76. The molecule has 0 aromatic heterocycles. The van der Waals surface area contributed by atoms with Gasteiger partial charge in [0.2, 0.25) is 0 Å². The van der Waals surface area contributed by atoms with E-state index < -0.39 is 0 Å². The van der Waals surface area contributed by atoms with Crippen molar-refractivity contribution in [1.82, 2.24) is 10.3 Å². The molecule has 0 radical (unpaired) electrons. The molecule has 4 heteroatoms. The first-order valence-corrected chi connectivity index (χ1v) is 4.98. The topological polar surface area (TPSA) is 36.9 Å². The van der Waals surface area contributed by atoms with Crippen LogP contribution in [-0.4, -0.2) is 31.1 Å². The van der Waals surface area contributed by atoms with Gasteiger partial charge in [0.1, 0.15) is 13.3 Å². The molecule has 1 N–H and O–H groups in total. The Labute approximate surface area is 89.5 Å². The number of hydrogen-bond donors (Lipinski definition) is 1. The van der Waals surface area contributed by atoms with Crippen LogP contribution in [0.4, 0.5) is 0 Å². The van der Waals surface area contributed by atoms with E-state index >= 15 is 0 Å². The number of benzene rings is 1. The van der Waals surface area contributed by atoms with Gasteiger partial charge in [0.25, 0.3) is 0 Å². The molecule has 1 aliphatic heterocycles. The van der Waals surface area contributed by atoms with Crippen molar-refractivity contribution >= 4 is 5.84 Å². The molecule has 0 atom stereocenters. The van der Waals surface area contributed by atoms with Gasteiger partial charge < -0.3 is 9.64 Å². The minimum atomic E-state index is 0.554. The molecule has 1 heterocycles. The molecule has 0 unspecified atom stereocenters. The molecule has 0 fully saturated rings. The monoisotopic (exact) mass is 205 g/mol. The van der Waals surface area contributed by atoms with Gasteiger partial charge in [-0.05, 0) is 5.56 Å². The van der Waals surface area contributed by atoms with E-state index in [0.29, 0.717) is 13.2 Å². The molecule has 1 aromatic rings. The van der Waals surface area contributed by atoms with Gasteiger partial charge in [-0.2, -0.15) is 5.10 Å². The summed E-state index contributed by atoms with van der Waals surface area (Å²) >= 11 is 0. The molecule has 0 saturated heterocycles. The molecule has 15 heavy (non-hydrogen) atoms. The largest absolute Gasteiger partial charge is 0.369 e. The van der Waals surface area contributed by atoms with Crippen LogP contribution in [-0.2, 0) is 11.3 Å². The summed E-state index contributed by atoms with van der Waals surface area (Å²) in [6, 6.07) is 10.1. The predicted octanol–water partition coefficient (Wildman–Crippen LogP) is 1.01. The molecule has 0 saturated carbocycles. The van der Waals surface area contributed by atoms with Crippen molar-refractivity contribution in [2.75, 3.05) is 20.3 Å². The zero-order chi connectivity index (χ0) is 10.5. The normalized spacial score (nSPS) is 15.0. The molecular formula is C11H15N3O. The van der Waals surface area contributed by atoms with Gasteiger partial charge in [0.15, 0.2) is 5.84 Å². The Morgan fingerprint density at radius 2 is 2.13 bits per heavy atom. The smallest absolute Gasteiger partial charge is 0.152 e. The Morgan fingerprint density at radius 3 is 2.80 bits per heavy atom. The lowest BCUT2D eigenvalue weighted by atomic mass is 10.2. The molecule has 4 nitrogen and oxygen atoms in total. The van der Waals surface area contributed by atoms with Crippen molar-refractivity contribution in [1.29, 1.82) is 0 Å². The fraction of sp³-hybridized carbons (Fsp3) is 0.364. The van der Waals surface area contributed by atoms with Gasteiger partial charge in [0.05, 0.1) is 6.61 Å². The number of amidine groups is 1. The summed E-state index contributed by atoms with van der Waals surface area (Å²) in [6.07, 6.45) is 0. The first-order chi connectivity index (χ1) is 7.36. The Hall–Kier alpha value is -1.55. The standard InChI is InChI=1S/C11H15N3O/c1-14-9-12-13-11(14)8-15-7-10-5-3-2-4-6-10/h2-6,12H,7-9H2,1H3. The summed E-state index contributed by atoms with van der Waals surface area (Å²) in [5, 5.41) is 4.12. The van der Waals surface area contributed by atoms with Crippen molar-refractivity contribution < 1.29 is 4.74 Å². The third-order valence-corrected chi connectivity index (χ3v) is 2.30. The number of nitrogens with zero attached hydrogens (tertiary/aromatic N) is 2. The van der Waals surface area contributed by atoms with Crippen molar-refractivity contribution in [2.45, 2.75) is 6.61 Å². The van der Waals surface area contributed by atoms with Gasteiger partial charge >= 0.3 is 0 Å². The first kappa shape index (κ1) is 9.98. The second-order valence-electron chi connectivity index (χ2n) is 3.52. The zero-order valence-electron chi connectivity index (χ0n) is 8.81. The third kappa shape index (κ3) is 2.70. The summed E-state index contributed by atoms with van der Waals surface area (Å²) in [4.78, 5) is 2.03. The van der Waals surface area contributed by atoms with Crippen molar-refractivity contribution in [3.63, 3.8) is 0 Å². The Bertz CT molecular complexity index is 337. The van der Waals surface area contributed by atoms with E-state index in [1.54, 1.807) is 0 Å². The lowest BCUT2D eigenvalue weighted by Crippen LogP contribution is -2.27. The summed E-state index contributed by atoms with van der Waals surface area (Å²) in [6.45, 7) is 1.95. The fourth-order valence-electron chi connectivity index (χ4n) is 1.39. The van der Waals surface area contributed by atoms with E-state index in [1.807, 2.05) is 30.1 Å². The number of rotatable bonds is 4. The molecule has 0 bridgehead atoms. The minimum Gasteiger partial charge on any atom is -0.369 e. The van der Waals surface area contributed by atoms with Gasteiger partial charge in [-0.1, -0.05) is 30.3 Å². The molecule has 1 aliphatic rings. The lowest BCUT2D eigenvalue weighted by molar-refractivity contribution is 0.152. The van der Waals surface area contributed by atoms with Gasteiger partial charge in [-0.25, -0.2) is 0 Å². The average Bonchev–Trinajstić information content (AvgIpc) is 2.66. The van der Waals surface area contributed by atoms with E-state index in [9.17, 15) is 0 Å². The highest BCUT2D eigenvalue weighted by Crippen LogP contribution is 2.01. The van der Waals surface area contributed by atoms with E-state index in [2.05, 4.69) is 22.7 Å². The molecule has 0 amide bonds. The Morgan fingerprint density at radius 1 is 1.33 bits per heavy atom. The summed E-state index contributed by atoms with van der Waals surface area (Å²) in [7, 11) is 1.99. The maximum Gasteiger partial charge on any atom is 0.152 e. The van der Waals surface area contributed by atoms with Crippen LogP contribution >= 0.6 is 0 Å². The second kappa shape index (κ2) is 4.79. The molecule has 2 rings (SSSR count). The average molecular weight is 205 g/mol. The van der Waals surface area contributed by atoms with Crippen LogP contribution in [0, 0.1) is 0 Å². The van der Waals surface area contributed by atoms with Crippen molar-refractivity contribution in [2.24, 2.45) is 5.10 Å². The van der Waals surface area contributed by atoms with Gasteiger partial charge in [-0.3, -0.25) is 5.43 Å². The molecule has 0 aliphatic carbocycles. The second-order valence-corrected chi connectivity index (χ2v) is 3.52. The van der Waals surface area contributed by atoms with Crippen LogP contribution in [0.3, 0.4) is 0 Å². The van der Waals surface area contributed by atoms with Crippen LogP contribution in [0.1, 0.15) is 5.56 Å². The van der Waals surface area contributed by atoms with Crippen molar-refractivity contribution in [3.05, 3.63) is 35.9 Å². The SMILES string of the molecule is CN1CNN=C1COCc1ccccc1. The number of nitrogens with one attached hydrogen (secondary N) is 1. The van der Waals surface area contributed by atoms with Gasteiger partial charge in [0, 0.05) is 7.05 Å². The van der Waals surface area contributed by atoms with Gasteiger partial charge in [-0.15, -0.1) is 0 Å². The van der Waals surface area contributed by atoms with Crippen LogP contribution in [0.15, 0.2) is 35.4 Å².